The van der Waals surface area contributed by atoms with Crippen molar-refractivity contribution in [3.63, 3.8) is 0 Å². The second-order valence-electron chi connectivity index (χ2n) is 7.07. The number of carbonyl (C=O) groups is 2. The molecule has 10 nitrogen and oxygen atoms in total. The number of hydrogen-bond donors (Lipinski definition) is 4. The third kappa shape index (κ3) is 6.47. The first-order valence-electron chi connectivity index (χ1n) is 10.0. The van der Waals surface area contributed by atoms with E-state index in [0.717, 1.165) is 23.9 Å². The Bertz CT molecular complexity index is 1350. The van der Waals surface area contributed by atoms with Gasteiger partial charge in [0.05, 0.1) is 25.5 Å². The zero-order valence-electron chi connectivity index (χ0n) is 18.9. The van der Waals surface area contributed by atoms with Gasteiger partial charge in [-0.15, -0.1) is 0 Å². The Kier molecular flexibility index (Phi) is 8.09. The molecule has 1 aromatic heterocycles. The number of anilines is 3. The maximum Gasteiger partial charge on any atom is 0.416 e. The largest absolute Gasteiger partial charge is 0.493 e. The lowest BCUT2D eigenvalue weighted by molar-refractivity contribution is -0.137. The van der Waals surface area contributed by atoms with E-state index in [1.54, 1.807) is 0 Å². The molecule has 0 spiro atoms. The number of nitrogens with two attached hydrogens (primary N) is 1. The van der Waals surface area contributed by atoms with E-state index in [9.17, 15) is 27.6 Å². The van der Waals surface area contributed by atoms with E-state index in [1.165, 1.54) is 44.6 Å². The summed E-state index contributed by atoms with van der Waals surface area (Å²) in [5, 5.41) is 4.69. The average molecular weight is 523 g/mol. The standard InChI is InChI=1S/C22H20F3N5O5S/c1-34-14-7-6-11(8-15(14)35-2)19(32)28-17-18(26)29-21(30-20(17)33)36-10-16(31)27-13-5-3-4-12(9-13)22(23,24)25/h3-9H,10H2,1-2H3,(H,27,31)(H,28,32)(H3,26,29,30,33). The van der Waals surface area contributed by atoms with Crippen LogP contribution in [0.2, 0.25) is 0 Å². The van der Waals surface area contributed by atoms with Crippen LogP contribution < -0.4 is 31.4 Å². The second kappa shape index (κ2) is 11.0. The molecule has 0 bridgehead atoms. The molecule has 1 heterocycles. The molecule has 14 heteroatoms. The second-order valence-corrected chi connectivity index (χ2v) is 8.03. The number of rotatable bonds is 8. The minimum absolute atomic E-state index is 0.0270. The predicted octanol–water partition coefficient (Wildman–Crippen LogP) is 3.37. The molecule has 0 radical (unpaired) electrons. The summed E-state index contributed by atoms with van der Waals surface area (Å²) >= 11 is 0.795. The average Bonchev–Trinajstić information content (AvgIpc) is 2.84. The van der Waals surface area contributed by atoms with Crippen LogP contribution >= 0.6 is 11.8 Å². The van der Waals surface area contributed by atoms with Crippen LogP contribution in [-0.2, 0) is 11.0 Å². The number of nitrogens with zero attached hydrogens (tertiary/aromatic N) is 1. The maximum absolute atomic E-state index is 12.8. The first-order valence-corrected chi connectivity index (χ1v) is 11.0. The highest BCUT2D eigenvalue weighted by atomic mass is 32.2. The molecule has 3 rings (SSSR count). The number of aromatic amines is 1. The number of carbonyl (C=O) groups excluding carboxylic acids is 2. The fourth-order valence-electron chi connectivity index (χ4n) is 2.93. The normalized spacial score (nSPS) is 11.0. The molecule has 3 aromatic rings. The number of H-pyrrole nitrogens is 1. The quantitative estimate of drug-likeness (QED) is 0.259. The van der Waals surface area contributed by atoms with Gasteiger partial charge >= 0.3 is 6.18 Å². The molecule has 5 N–H and O–H groups in total. The summed E-state index contributed by atoms with van der Waals surface area (Å²) in [4.78, 5) is 43.5. The summed E-state index contributed by atoms with van der Waals surface area (Å²) in [7, 11) is 2.85. The molecule has 0 atom stereocenters. The molecular formula is C22H20F3N5O5S. The summed E-state index contributed by atoms with van der Waals surface area (Å²) in [6.07, 6.45) is -4.55. The van der Waals surface area contributed by atoms with Gasteiger partial charge in [0.2, 0.25) is 5.91 Å². The number of alkyl halides is 3. The van der Waals surface area contributed by atoms with Gasteiger partial charge in [-0.3, -0.25) is 19.4 Å². The fraction of sp³-hybridized carbons (Fsp3) is 0.182. The van der Waals surface area contributed by atoms with Crippen molar-refractivity contribution >= 4 is 40.8 Å². The Balaban J connectivity index is 1.65. The van der Waals surface area contributed by atoms with Crippen LogP contribution in [0.1, 0.15) is 15.9 Å². The summed E-state index contributed by atoms with van der Waals surface area (Å²) < 4.78 is 48.7. The Hall–Kier alpha value is -4.20. The maximum atomic E-state index is 12.8. The number of halogens is 3. The number of thioether (sulfide) groups is 1. The zero-order chi connectivity index (χ0) is 26.5. The molecule has 0 aliphatic heterocycles. The van der Waals surface area contributed by atoms with Gasteiger partial charge < -0.3 is 25.8 Å². The van der Waals surface area contributed by atoms with Gasteiger partial charge in [0.25, 0.3) is 11.5 Å². The molecule has 190 valence electrons. The monoisotopic (exact) mass is 523 g/mol. The number of nitrogen functional groups attached to an aromatic ring is 1. The Labute approximate surface area is 206 Å². The van der Waals surface area contributed by atoms with E-state index in [-0.39, 0.29) is 33.7 Å². The van der Waals surface area contributed by atoms with Gasteiger partial charge in [0.1, 0.15) is 5.69 Å². The SMILES string of the molecule is COc1ccc(C(=O)Nc2c(N)nc(SCC(=O)Nc3cccc(C(F)(F)F)c3)[nH]c2=O)cc1OC. The first-order chi connectivity index (χ1) is 17.0. The van der Waals surface area contributed by atoms with Crippen LogP contribution in [0.4, 0.5) is 30.4 Å². The van der Waals surface area contributed by atoms with Gasteiger partial charge in [-0.2, -0.15) is 13.2 Å². The van der Waals surface area contributed by atoms with E-state index in [1.807, 2.05) is 0 Å². The van der Waals surface area contributed by atoms with E-state index in [2.05, 4.69) is 20.6 Å². The lowest BCUT2D eigenvalue weighted by Crippen LogP contribution is -2.23. The Morgan fingerprint density at radius 1 is 1.08 bits per heavy atom. The predicted molar refractivity (Wildman–Crippen MR) is 128 cm³/mol. The Morgan fingerprint density at radius 3 is 2.44 bits per heavy atom. The lowest BCUT2D eigenvalue weighted by atomic mass is 10.2. The molecule has 2 aromatic carbocycles. The smallest absolute Gasteiger partial charge is 0.416 e. The van der Waals surface area contributed by atoms with Crippen LogP contribution in [0, 0.1) is 0 Å². The molecule has 0 saturated carbocycles. The van der Waals surface area contributed by atoms with Crippen LogP contribution in [-0.4, -0.2) is 41.8 Å². The highest BCUT2D eigenvalue weighted by molar-refractivity contribution is 7.99. The molecule has 2 amide bonds. The number of amides is 2. The summed E-state index contributed by atoms with van der Waals surface area (Å²) in [6, 6.07) is 8.56. The molecule has 0 saturated heterocycles. The van der Waals surface area contributed by atoms with Gasteiger partial charge in [-0.05, 0) is 36.4 Å². The van der Waals surface area contributed by atoms with Gasteiger partial charge in [-0.1, -0.05) is 17.8 Å². The molecule has 0 aliphatic carbocycles. The van der Waals surface area contributed by atoms with Crippen LogP contribution in [0.5, 0.6) is 11.5 Å². The van der Waals surface area contributed by atoms with Gasteiger partial charge in [-0.25, -0.2) is 4.98 Å². The van der Waals surface area contributed by atoms with E-state index in [0.29, 0.717) is 11.5 Å². The molecule has 0 unspecified atom stereocenters. The highest BCUT2D eigenvalue weighted by Gasteiger charge is 2.30. The van der Waals surface area contributed by atoms with Crippen molar-refractivity contribution in [2.75, 3.05) is 36.3 Å². The minimum Gasteiger partial charge on any atom is -0.493 e. The third-order valence-electron chi connectivity index (χ3n) is 4.62. The summed E-state index contributed by atoms with van der Waals surface area (Å²) in [5.41, 5.74) is 3.98. The highest BCUT2D eigenvalue weighted by Crippen LogP contribution is 2.31. The van der Waals surface area contributed by atoms with Crippen molar-refractivity contribution in [2.24, 2.45) is 0 Å². The van der Waals surface area contributed by atoms with Crippen molar-refractivity contribution < 1.29 is 32.2 Å². The summed E-state index contributed by atoms with van der Waals surface area (Å²) in [6.45, 7) is 0. The topological polar surface area (TPSA) is 148 Å². The number of methoxy groups -OCH3 is 2. The Morgan fingerprint density at radius 2 is 1.81 bits per heavy atom. The number of aromatic nitrogens is 2. The zero-order valence-corrected chi connectivity index (χ0v) is 19.7. The van der Waals surface area contributed by atoms with Crippen molar-refractivity contribution in [1.29, 1.82) is 0 Å². The number of ether oxygens (including phenoxy) is 2. The van der Waals surface area contributed by atoms with Crippen LogP contribution in [0.25, 0.3) is 0 Å². The minimum atomic E-state index is -4.55. The van der Waals surface area contributed by atoms with E-state index >= 15 is 0 Å². The third-order valence-corrected chi connectivity index (χ3v) is 5.50. The first kappa shape index (κ1) is 26.4. The molecule has 0 fully saturated rings. The van der Waals surface area contributed by atoms with Crippen LogP contribution in [0.15, 0.2) is 52.4 Å². The molecule has 0 aliphatic rings. The number of nitrogens with one attached hydrogen (secondary N) is 3. The molecular weight excluding hydrogens is 503 g/mol. The van der Waals surface area contributed by atoms with Crippen LogP contribution in [0.3, 0.4) is 0 Å². The van der Waals surface area contributed by atoms with Gasteiger partial charge in [0.15, 0.2) is 22.5 Å². The van der Waals surface area contributed by atoms with E-state index in [4.69, 9.17) is 15.2 Å². The summed E-state index contributed by atoms with van der Waals surface area (Å²) in [5.74, 6) is -1.15. The number of hydrogen-bond acceptors (Lipinski definition) is 8. The lowest BCUT2D eigenvalue weighted by Gasteiger charge is -2.11. The van der Waals surface area contributed by atoms with Crippen molar-refractivity contribution in [3.05, 3.63) is 63.9 Å². The van der Waals surface area contributed by atoms with Crippen molar-refractivity contribution in [2.45, 2.75) is 11.3 Å². The van der Waals surface area contributed by atoms with Gasteiger partial charge in [0, 0.05) is 11.3 Å². The number of benzene rings is 2. The fourth-order valence-corrected chi connectivity index (χ4v) is 3.59. The van der Waals surface area contributed by atoms with E-state index < -0.39 is 29.1 Å². The van der Waals surface area contributed by atoms with Crippen molar-refractivity contribution in [3.8, 4) is 11.5 Å². The molecule has 36 heavy (non-hydrogen) atoms. The van der Waals surface area contributed by atoms with Crippen molar-refractivity contribution in [1.82, 2.24) is 9.97 Å².